The summed E-state index contributed by atoms with van der Waals surface area (Å²) < 4.78 is 6.38. The molecule has 7 nitrogen and oxygen atoms in total. The molecule has 0 saturated carbocycles. The molecule has 2 aromatic carbocycles. The highest BCUT2D eigenvalue weighted by molar-refractivity contribution is 9.10. The average molecular weight is 444 g/mol. The Morgan fingerprint density at radius 2 is 2.07 bits per heavy atom. The lowest BCUT2D eigenvalue weighted by molar-refractivity contribution is -0.122. The van der Waals surface area contributed by atoms with Gasteiger partial charge in [-0.2, -0.15) is 0 Å². The number of amides is 3. The number of nitrogens with zero attached hydrogens (tertiary/aromatic N) is 1. The molecular formula is C20H18BrN3O4. The molecule has 8 heteroatoms. The van der Waals surface area contributed by atoms with Crippen molar-refractivity contribution in [2.45, 2.75) is 19.4 Å². The molecular weight excluding hydrogens is 426 g/mol. The standard InChI is InChI=1S/C20H18BrN3O4/c1-11-19(26)23-16-9-14(5-6-17(16)28-11)22-20(27)12-7-18(25)24(10-12)15-4-2-3-13(21)8-15/h2-6,8-9,11-12H,7,10H2,1H3,(H,22,27)(H,23,26). The van der Waals surface area contributed by atoms with Gasteiger partial charge >= 0.3 is 0 Å². The minimum absolute atomic E-state index is 0.0849. The van der Waals surface area contributed by atoms with E-state index < -0.39 is 12.0 Å². The van der Waals surface area contributed by atoms with Gasteiger partial charge in [-0.3, -0.25) is 14.4 Å². The zero-order valence-electron chi connectivity index (χ0n) is 15.1. The summed E-state index contributed by atoms with van der Waals surface area (Å²) in [5, 5.41) is 5.58. The largest absolute Gasteiger partial charge is 0.479 e. The minimum atomic E-state index is -0.554. The van der Waals surface area contributed by atoms with Crippen molar-refractivity contribution in [3.05, 3.63) is 46.9 Å². The Kier molecular flexibility index (Phi) is 4.80. The molecule has 2 aromatic rings. The van der Waals surface area contributed by atoms with Crippen LogP contribution in [0, 0.1) is 5.92 Å². The number of nitrogens with one attached hydrogen (secondary N) is 2. The fourth-order valence-electron chi connectivity index (χ4n) is 3.31. The van der Waals surface area contributed by atoms with E-state index in [0.717, 1.165) is 10.2 Å². The number of anilines is 3. The molecule has 2 atom stereocenters. The van der Waals surface area contributed by atoms with Crippen LogP contribution in [0.3, 0.4) is 0 Å². The van der Waals surface area contributed by atoms with Crippen molar-refractivity contribution in [3.63, 3.8) is 0 Å². The summed E-state index contributed by atoms with van der Waals surface area (Å²) >= 11 is 3.40. The molecule has 0 spiro atoms. The molecule has 4 rings (SSSR count). The maximum Gasteiger partial charge on any atom is 0.265 e. The Balaban J connectivity index is 1.45. The Labute approximate surface area is 170 Å². The van der Waals surface area contributed by atoms with Crippen molar-refractivity contribution in [2.75, 3.05) is 22.1 Å². The number of carbonyl (C=O) groups excluding carboxylic acids is 3. The number of benzene rings is 2. The molecule has 2 aliphatic rings. The minimum Gasteiger partial charge on any atom is -0.479 e. The quantitative estimate of drug-likeness (QED) is 0.762. The highest BCUT2D eigenvalue weighted by Crippen LogP contribution is 2.33. The van der Waals surface area contributed by atoms with Crippen LogP contribution < -0.4 is 20.3 Å². The maximum atomic E-state index is 12.7. The van der Waals surface area contributed by atoms with Crippen LogP contribution in [-0.2, 0) is 14.4 Å². The van der Waals surface area contributed by atoms with Gasteiger partial charge in [-0.1, -0.05) is 22.0 Å². The Morgan fingerprint density at radius 3 is 2.86 bits per heavy atom. The SMILES string of the molecule is CC1Oc2ccc(NC(=O)C3CC(=O)N(c4cccc(Br)c4)C3)cc2NC1=O. The highest BCUT2D eigenvalue weighted by atomic mass is 79.9. The zero-order chi connectivity index (χ0) is 19.8. The number of hydrogen-bond acceptors (Lipinski definition) is 4. The summed E-state index contributed by atoms with van der Waals surface area (Å²) in [6.07, 6.45) is -0.401. The molecule has 2 aliphatic heterocycles. The molecule has 1 fully saturated rings. The number of fused-ring (bicyclic) bond motifs is 1. The van der Waals surface area contributed by atoms with Crippen LogP contribution >= 0.6 is 15.9 Å². The molecule has 0 aliphatic carbocycles. The van der Waals surface area contributed by atoms with Crippen LogP contribution in [0.15, 0.2) is 46.9 Å². The average Bonchev–Trinajstić information content (AvgIpc) is 3.05. The highest BCUT2D eigenvalue weighted by Gasteiger charge is 2.35. The summed E-state index contributed by atoms with van der Waals surface area (Å²) in [5.41, 5.74) is 1.81. The second-order valence-electron chi connectivity index (χ2n) is 6.83. The monoisotopic (exact) mass is 443 g/mol. The molecule has 144 valence electrons. The van der Waals surface area contributed by atoms with Crippen LogP contribution in [0.2, 0.25) is 0 Å². The lowest BCUT2D eigenvalue weighted by atomic mass is 10.1. The Hall–Kier alpha value is -2.87. The van der Waals surface area contributed by atoms with E-state index >= 15 is 0 Å². The van der Waals surface area contributed by atoms with E-state index in [1.165, 1.54) is 0 Å². The van der Waals surface area contributed by atoms with Crippen LogP contribution in [0.25, 0.3) is 0 Å². The summed E-state index contributed by atoms with van der Waals surface area (Å²) in [6, 6.07) is 12.5. The fraction of sp³-hybridized carbons (Fsp3) is 0.250. The number of ether oxygens (including phenoxy) is 1. The van der Waals surface area contributed by atoms with Crippen LogP contribution in [0.1, 0.15) is 13.3 Å². The summed E-state index contributed by atoms with van der Waals surface area (Å²) in [7, 11) is 0. The van der Waals surface area contributed by atoms with Crippen molar-refractivity contribution >= 4 is 50.7 Å². The lowest BCUT2D eigenvalue weighted by Gasteiger charge is -2.24. The molecule has 0 radical (unpaired) electrons. The topological polar surface area (TPSA) is 87.7 Å². The van der Waals surface area contributed by atoms with Gasteiger partial charge in [0.25, 0.3) is 5.91 Å². The Bertz CT molecular complexity index is 978. The van der Waals surface area contributed by atoms with Gasteiger partial charge < -0.3 is 20.3 Å². The third-order valence-electron chi connectivity index (χ3n) is 4.79. The second kappa shape index (κ2) is 7.27. The zero-order valence-corrected chi connectivity index (χ0v) is 16.7. The van der Waals surface area contributed by atoms with Crippen molar-refractivity contribution < 1.29 is 19.1 Å². The first-order valence-corrected chi connectivity index (χ1v) is 9.68. The third kappa shape index (κ3) is 3.60. The predicted molar refractivity (Wildman–Crippen MR) is 108 cm³/mol. The molecule has 3 amide bonds. The van der Waals surface area contributed by atoms with Gasteiger partial charge in [0.1, 0.15) is 5.75 Å². The molecule has 0 bridgehead atoms. The van der Waals surface area contributed by atoms with Crippen LogP contribution in [0.5, 0.6) is 5.75 Å². The van der Waals surface area contributed by atoms with Crippen molar-refractivity contribution in [2.24, 2.45) is 5.92 Å². The van der Waals surface area contributed by atoms with Gasteiger partial charge in [-0.15, -0.1) is 0 Å². The smallest absolute Gasteiger partial charge is 0.265 e. The molecule has 28 heavy (non-hydrogen) atoms. The lowest BCUT2D eigenvalue weighted by Crippen LogP contribution is -2.34. The first kappa shape index (κ1) is 18.5. The van der Waals surface area contributed by atoms with Gasteiger partial charge in [-0.25, -0.2) is 0 Å². The third-order valence-corrected chi connectivity index (χ3v) is 5.29. The maximum absolute atomic E-state index is 12.7. The number of hydrogen-bond donors (Lipinski definition) is 2. The number of rotatable bonds is 3. The van der Waals surface area contributed by atoms with Gasteiger partial charge in [0.15, 0.2) is 6.10 Å². The van der Waals surface area contributed by atoms with Gasteiger partial charge in [-0.05, 0) is 43.3 Å². The fourth-order valence-corrected chi connectivity index (χ4v) is 3.69. The first-order valence-electron chi connectivity index (χ1n) is 8.89. The molecule has 2 N–H and O–H groups in total. The Morgan fingerprint density at radius 1 is 1.25 bits per heavy atom. The van der Waals surface area contributed by atoms with E-state index in [0.29, 0.717) is 23.7 Å². The van der Waals surface area contributed by atoms with E-state index in [1.54, 1.807) is 30.0 Å². The van der Waals surface area contributed by atoms with Crippen molar-refractivity contribution in [3.8, 4) is 5.75 Å². The van der Waals surface area contributed by atoms with Crippen molar-refractivity contribution in [1.29, 1.82) is 0 Å². The first-order chi connectivity index (χ1) is 13.4. The van der Waals surface area contributed by atoms with E-state index in [9.17, 15) is 14.4 Å². The van der Waals surface area contributed by atoms with E-state index in [1.807, 2.05) is 24.3 Å². The second-order valence-corrected chi connectivity index (χ2v) is 7.75. The van der Waals surface area contributed by atoms with Gasteiger partial charge in [0, 0.05) is 28.8 Å². The summed E-state index contributed by atoms with van der Waals surface area (Å²) in [5.74, 6) is -0.446. The molecule has 2 heterocycles. The molecule has 1 saturated heterocycles. The molecule has 0 aromatic heterocycles. The van der Waals surface area contributed by atoms with E-state index in [2.05, 4.69) is 26.6 Å². The number of halogens is 1. The van der Waals surface area contributed by atoms with E-state index in [4.69, 9.17) is 4.74 Å². The molecule has 2 unspecified atom stereocenters. The van der Waals surface area contributed by atoms with Crippen molar-refractivity contribution in [1.82, 2.24) is 0 Å². The van der Waals surface area contributed by atoms with Gasteiger partial charge in [0.2, 0.25) is 11.8 Å². The van der Waals surface area contributed by atoms with E-state index in [-0.39, 0.29) is 24.1 Å². The normalized spacial score (nSPS) is 21.0. The van der Waals surface area contributed by atoms with Crippen LogP contribution in [-0.4, -0.2) is 30.4 Å². The van der Waals surface area contributed by atoms with Crippen LogP contribution in [0.4, 0.5) is 17.1 Å². The van der Waals surface area contributed by atoms with Gasteiger partial charge in [0.05, 0.1) is 11.6 Å². The summed E-state index contributed by atoms with van der Waals surface area (Å²) in [6.45, 7) is 1.99. The summed E-state index contributed by atoms with van der Waals surface area (Å²) in [4.78, 5) is 38.4. The predicted octanol–water partition coefficient (Wildman–Crippen LogP) is 3.16. The number of carbonyl (C=O) groups is 3.